The second-order valence-corrected chi connectivity index (χ2v) is 43.6. The highest BCUT2D eigenvalue weighted by Crippen LogP contribution is 2.63. The third-order valence-electron chi connectivity index (χ3n) is 31.9. The third-order valence-corrected chi connectivity index (χ3v) is 36.9. The van der Waals surface area contributed by atoms with Crippen LogP contribution in [0.25, 0.3) is 216 Å². The molecule has 6 heteroatoms. The van der Waals surface area contributed by atoms with Gasteiger partial charge in [-0.25, -0.2) is 0 Å². The molecule has 3 aromatic heterocycles. The van der Waals surface area contributed by atoms with Gasteiger partial charge in [-0.05, 0) is 251 Å². The molecule has 684 valence electrons. The Morgan fingerprint density at radius 3 is 0.667 bits per heavy atom. The van der Waals surface area contributed by atoms with Crippen molar-refractivity contribution in [2.24, 2.45) is 0 Å². The zero-order chi connectivity index (χ0) is 96.2. The number of nitrogens with zero attached hydrogens (tertiary/aromatic N) is 2. The summed E-state index contributed by atoms with van der Waals surface area (Å²) < 4.78 is 7.55. The van der Waals surface area contributed by atoms with Gasteiger partial charge < -0.3 is 9.13 Å². The van der Waals surface area contributed by atoms with Crippen LogP contribution in [0.2, 0.25) is 0 Å². The van der Waals surface area contributed by atoms with Crippen molar-refractivity contribution in [2.75, 3.05) is 0 Å². The molecule has 147 heavy (non-hydrogen) atoms. The fraction of sp³-hybridized carbons (Fsp3) is 0.0213. The Balaban J connectivity index is 0.0000000999. The summed E-state index contributed by atoms with van der Waals surface area (Å²) in [6, 6.07) is 187. The van der Waals surface area contributed by atoms with Gasteiger partial charge in [0, 0.05) is 100 Å². The summed E-state index contributed by atoms with van der Waals surface area (Å²) in [5.41, 5.74) is 22.2. The first-order valence-corrected chi connectivity index (χ1v) is 54.1. The van der Waals surface area contributed by atoms with Crippen LogP contribution in [0.3, 0.4) is 0 Å². The maximum atomic E-state index is 2.46. The minimum absolute atomic E-state index is 0.0308. The van der Waals surface area contributed by atoms with E-state index in [4.69, 9.17) is 0 Å². The first-order valence-electron chi connectivity index (χ1n) is 50.8. The van der Waals surface area contributed by atoms with Gasteiger partial charge in [-0.2, -0.15) is 0 Å². The van der Waals surface area contributed by atoms with Crippen molar-refractivity contribution in [2.45, 2.75) is 47.1 Å². The van der Waals surface area contributed by atoms with E-state index in [2.05, 4.69) is 513 Å². The van der Waals surface area contributed by atoms with Crippen LogP contribution in [0.1, 0.15) is 67.8 Å². The van der Waals surface area contributed by atoms with Gasteiger partial charge in [-0.3, -0.25) is 0 Å². The molecule has 0 saturated heterocycles. The van der Waals surface area contributed by atoms with Crippen LogP contribution in [0.5, 0.6) is 0 Å². The number of benzene rings is 27. The Hall–Kier alpha value is -17.1. The predicted octanol–water partition coefficient (Wildman–Crippen LogP) is 40.1. The standard InChI is InChI=1S/2C47H29NS.C47H28S2/c1-5-22-37-31(16-1)33-18-3-7-24-39(33)46-44(37)43(45-38-23-6-2-17-32(38)34-19-4-8-25-40(34)47(45)49-46)29-14-13-15-30(28-29)48-41-26-11-9-20-35(41)36-21-10-12-27-42(36)48;1-5-19-37-31(13-1)33-15-3-7-21-39(33)46-44(37)43(45-38-20-6-2-14-32(38)34-16-4-8-22-40(34)47(45)49-46)29-25-27-30(28-26-29)48-41-23-11-9-17-35(41)36-18-10-12-24-42(36)48;1-5-16-37-31(11-1)33-13-3-7-18-39(33)46-44(37)43(45-38-17-6-2-12-32(38)34-14-4-8-19-40(34)47(45)49-46)29-23-21-28(22-24-29)30-25-26-36-35-15-9-10-20-41(35)48-42(36)27-30/h2*1-28,43H;1-27,43H. The van der Waals surface area contributed by atoms with Gasteiger partial charge in [0.15, 0.2) is 0 Å². The van der Waals surface area contributed by atoms with Gasteiger partial charge in [-0.1, -0.05) is 478 Å². The normalized spacial score (nSPS) is 13.1. The van der Waals surface area contributed by atoms with Crippen LogP contribution >= 0.6 is 46.6 Å². The zero-order valence-corrected chi connectivity index (χ0v) is 82.9. The Morgan fingerprint density at radius 2 is 0.361 bits per heavy atom. The SMILES string of the molecule is c1cc(C2c3c(c4ccccc4c4ccccc34)Sc3c2c2ccccc2c2ccccc32)cc(-n2c3ccccc3c3ccccc32)c1.c1ccc2c(c1)c1c(c3ccccc32)C(c2ccc(-n3c4ccccc4c4ccccc43)cc2)c2c(c3ccccc3c3ccccc23)S1.c1ccc2c(c1)sc1cc(-c3ccc(C4c5c(c6ccccc6c6ccccc56)Sc5c4c4ccccc4c4ccccc54)cc3)ccc12. The van der Waals surface area contributed by atoms with E-state index in [1.807, 2.05) is 46.6 Å². The van der Waals surface area contributed by atoms with E-state index in [-0.39, 0.29) is 17.8 Å². The van der Waals surface area contributed by atoms with Gasteiger partial charge in [-0.15, -0.1) is 11.3 Å². The lowest BCUT2D eigenvalue weighted by Gasteiger charge is -2.33. The predicted molar refractivity (Wildman–Crippen MR) is 630 cm³/mol. The number of hydrogen-bond donors (Lipinski definition) is 0. The molecule has 0 atom stereocenters. The van der Waals surface area contributed by atoms with Crippen molar-refractivity contribution >= 4 is 240 Å². The van der Waals surface area contributed by atoms with Gasteiger partial charge in [0.05, 0.1) is 22.1 Å². The average molecular weight is 1940 g/mol. The molecule has 0 aliphatic carbocycles. The van der Waals surface area contributed by atoms with Crippen LogP contribution in [0.15, 0.2) is 533 Å². The number of thiophene rings is 1. The van der Waals surface area contributed by atoms with Crippen LogP contribution in [-0.2, 0) is 0 Å². The monoisotopic (exact) mass is 1930 g/mol. The maximum absolute atomic E-state index is 2.46. The van der Waals surface area contributed by atoms with Crippen LogP contribution < -0.4 is 0 Å². The van der Waals surface area contributed by atoms with E-state index in [1.165, 1.54) is 295 Å². The highest BCUT2D eigenvalue weighted by Gasteiger charge is 2.40. The Bertz CT molecular complexity index is 10400. The number of fused-ring (bicyclic) bond motifs is 45. The van der Waals surface area contributed by atoms with Crippen molar-refractivity contribution in [1.82, 2.24) is 9.13 Å². The molecule has 0 radical (unpaired) electrons. The molecule has 3 aliphatic heterocycles. The fourth-order valence-corrected chi connectivity index (χ4v) is 31.3. The lowest BCUT2D eigenvalue weighted by Crippen LogP contribution is -2.13. The highest BCUT2D eigenvalue weighted by molar-refractivity contribution is 8.00. The van der Waals surface area contributed by atoms with E-state index < -0.39 is 0 Å². The van der Waals surface area contributed by atoms with Crippen molar-refractivity contribution in [3.05, 3.63) is 554 Å². The summed E-state index contributed by atoms with van der Waals surface area (Å²) in [6.07, 6.45) is 0. The minimum atomic E-state index is 0.0308. The van der Waals surface area contributed by atoms with Gasteiger partial charge in [0.2, 0.25) is 0 Å². The smallest absolute Gasteiger partial charge is 0.0541 e. The summed E-state index contributed by atoms with van der Waals surface area (Å²) in [6.45, 7) is 0. The second kappa shape index (κ2) is 33.8. The average Bonchev–Trinajstić information content (AvgIpc) is 1.51. The third kappa shape index (κ3) is 12.9. The number of hydrogen-bond acceptors (Lipinski definition) is 4. The molecule has 0 saturated carbocycles. The van der Waals surface area contributed by atoms with Crippen LogP contribution in [0.4, 0.5) is 0 Å². The highest BCUT2D eigenvalue weighted by atomic mass is 32.2. The topological polar surface area (TPSA) is 9.86 Å². The molecule has 0 fully saturated rings. The molecule has 0 bridgehead atoms. The number of rotatable bonds is 6. The van der Waals surface area contributed by atoms with E-state index in [9.17, 15) is 0 Å². The van der Waals surface area contributed by atoms with Gasteiger partial charge in [0.25, 0.3) is 0 Å². The fourth-order valence-electron chi connectivity index (χ4n) is 25.8. The molecule has 0 N–H and O–H groups in total. The molecule has 0 spiro atoms. The molecule has 27 aromatic carbocycles. The lowest BCUT2D eigenvalue weighted by atomic mass is 9.78. The molecule has 3 aliphatic rings. The van der Waals surface area contributed by atoms with E-state index >= 15 is 0 Å². The summed E-state index contributed by atoms with van der Waals surface area (Å²) in [5.74, 6) is 0.167. The lowest BCUT2D eigenvalue weighted by molar-refractivity contribution is 0.934. The molecule has 0 amide bonds. The van der Waals surface area contributed by atoms with Crippen molar-refractivity contribution in [1.29, 1.82) is 0 Å². The molecule has 2 nitrogen and oxygen atoms in total. The molecular formula is C141H86N2S4. The second-order valence-electron chi connectivity index (χ2n) is 39.5. The molecule has 0 unspecified atom stereocenters. The number of para-hydroxylation sites is 4. The van der Waals surface area contributed by atoms with Crippen molar-refractivity contribution < 1.29 is 0 Å². The Morgan fingerprint density at radius 1 is 0.136 bits per heavy atom. The van der Waals surface area contributed by atoms with Gasteiger partial charge >= 0.3 is 0 Å². The Labute approximate surface area is 864 Å². The maximum Gasteiger partial charge on any atom is 0.0541 e. The molecular weight excluding hydrogens is 1850 g/mol. The molecule has 30 aromatic rings. The minimum Gasteiger partial charge on any atom is -0.309 e. The number of aromatic nitrogens is 2. The first kappa shape index (κ1) is 84.4. The van der Waals surface area contributed by atoms with E-state index in [1.54, 1.807) is 0 Å². The largest absolute Gasteiger partial charge is 0.309 e. The molecule has 6 heterocycles. The quantitative estimate of drug-likeness (QED) is 0.154. The van der Waals surface area contributed by atoms with Crippen LogP contribution in [-0.4, -0.2) is 9.13 Å². The van der Waals surface area contributed by atoms with Gasteiger partial charge in [0.1, 0.15) is 0 Å². The Kier molecular flexibility index (Phi) is 19.4. The van der Waals surface area contributed by atoms with Crippen molar-refractivity contribution in [3.63, 3.8) is 0 Å². The van der Waals surface area contributed by atoms with Crippen LogP contribution in [0, 0.1) is 0 Å². The zero-order valence-electron chi connectivity index (χ0n) is 79.7. The summed E-state index contributed by atoms with van der Waals surface area (Å²) in [4.78, 5) is 8.25. The first-order chi connectivity index (χ1) is 73.0. The summed E-state index contributed by atoms with van der Waals surface area (Å²) in [7, 11) is 0. The van der Waals surface area contributed by atoms with E-state index in [0.717, 1.165) is 0 Å². The summed E-state index contributed by atoms with van der Waals surface area (Å²) >= 11 is 7.80. The van der Waals surface area contributed by atoms with E-state index in [0.29, 0.717) is 0 Å². The molecule has 33 rings (SSSR count). The summed E-state index contributed by atoms with van der Waals surface area (Å²) in [5, 5.41) is 39.6. The van der Waals surface area contributed by atoms with Crippen molar-refractivity contribution in [3.8, 4) is 22.5 Å².